The van der Waals surface area contributed by atoms with Crippen LogP contribution in [0.5, 0.6) is 5.88 Å². The molecule has 8 nitrogen and oxygen atoms in total. The molecule has 5 rings (SSSR count). The highest BCUT2D eigenvalue weighted by molar-refractivity contribution is 5.93. The van der Waals surface area contributed by atoms with Crippen molar-refractivity contribution in [1.29, 1.82) is 5.26 Å². The molecule has 2 aromatic heterocycles. The van der Waals surface area contributed by atoms with Crippen molar-refractivity contribution >= 4 is 17.0 Å². The zero-order valence-electron chi connectivity index (χ0n) is 24.2. The first-order valence-corrected chi connectivity index (χ1v) is 13.7. The Morgan fingerprint density at radius 3 is 2.49 bits per heavy atom. The van der Waals surface area contributed by atoms with Gasteiger partial charge in [0.1, 0.15) is 18.2 Å². The van der Waals surface area contributed by atoms with Gasteiger partial charge in [-0.25, -0.2) is 19.2 Å². The van der Waals surface area contributed by atoms with Crippen molar-refractivity contribution in [3.05, 3.63) is 112 Å². The standard InChI is InChI=1S/C33H26F4N4O4/c1-43-13-12-41-29-16-23(32(42)44-2)10-11-28(29)39-30(41)17-21-8-9-22(15-25(21)33(35,36)37)27-4-3-5-31(40-27)45-19-24-7-6-20(18-38)14-26(24)34/h3-11,14-16H,12-13,17,19H2,1-2H3. The van der Waals surface area contributed by atoms with Crippen LogP contribution in [-0.2, 0) is 35.2 Å². The molecule has 0 aliphatic carbocycles. The van der Waals surface area contributed by atoms with Crippen LogP contribution in [-0.4, -0.2) is 41.3 Å². The van der Waals surface area contributed by atoms with Crippen molar-refractivity contribution in [1.82, 2.24) is 14.5 Å². The van der Waals surface area contributed by atoms with Crippen LogP contribution < -0.4 is 4.74 Å². The zero-order valence-corrected chi connectivity index (χ0v) is 24.2. The molecule has 0 fully saturated rings. The van der Waals surface area contributed by atoms with E-state index in [1.54, 1.807) is 34.9 Å². The van der Waals surface area contributed by atoms with E-state index in [0.29, 0.717) is 23.4 Å². The maximum Gasteiger partial charge on any atom is 0.416 e. The molecular formula is C33H26F4N4O4. The molecule has 0 N–H and O–H groups in total. The Morgan fingerprint density at radius 1 is 0.978 bits per heavy atom. The number of pyridine rings is 1. The van der Waals surface area contributed by atoms with Crippen LogP contribution in [0.15, 0.2) is 72.8 Å². The predicted octanol–water partition coefficient (Wildman–Crippen LogP) is 6.73. The number of imidazole rings is 1. The molecule has 0 spiro atoms. The Hall–Kier alpha value is -5.28. The average Bonchev–Trinajstić information content (AvgIpc) is 3.38. The van der Waals surface area contributed by atoms with Gasteiger partial charge in [-0.2, -0.15) is 18.4 Å². The number of ether oxygens (including phenoxy) is 3. The summed E-state index contributed by atoms with van der Waals surface area (Å²) < 4.78 is 74.9. The summed E-state index contributed by atoms with van der Waals surface area (Å²) in [5.74, 6) is -0.703. The van der Waals surface area contributed by atoms with Crippen molar-refractivity contribution in [2.24, 2.45) is 0 Å². The van der Waals surface area contributed by atoms with Gasteiger partial charge in [0, 0.05) is 37.3 Å². The van der Waals surface area contributed by atoms with Crippen molar-refractivity contribution in [2.75, 3.05) is 20.8 Å². The number of aromatic nitrogens is 3. The lowest BCUT2D eigenvalue weighted by molar-refractivity contribution is -0.138. The van der Waals surface area contributed by atoms with E-state index in [4.69, 9.17) is 19.5 Å². The fraction of sp³-hybridized carbons (Fsp3) is 0.212. The van der Waals surface area contributed by atoms with E-state index in [0.717, 1.165) is 12.1 Å². The highest BCUT2D eigenvalue weighted by Crippen LogP contribution is 2.36. The summed E-state index contributed by atoms with van der Waals surface area (Å²) in [7, 11) is 2.78. The molecule has 2 heterocycles. The molecular weight excluding hydrogens is 592 g/mol. The number of nitriles is 1. The Morgan fingerprint density at radius 2 is 1.78 bits per heavy atom. The number of esters is 1. The largest absolute Gasteiger partial charge is 0.473 e. The summed E-state index contributed by atoms with van der Waals surface area (Å²) >= 11 is 0. The van der Waals surface area contributed by atoms with Crippen molar-refractivity contribution < 1.29 is 36.6 Å². The number of carbonyl (C=O) groups excluding carboxylic acids is 1. The number of alkyl halides is 3. The zero-order chi connectivity index (χ0) is 32.1. The fourth-order valence-electron chi connectivity index (χ4n) is 4.85. The van der Waals surface area contributed by atoms with Crippen molar-refractivity contribution in [3.8, 4) is 23.2 Å². The first-order chi connectivity index (χ1) is 21.6. The van der Waals surface area contributed by atoms with Crippen LogP contribution in [0.1, 0.15) is 38.4 Å². The lowest BCUT2D eigenvalue weighted by Gasteiger charge is -2.16. The molecule has 0 aliphatic heterocycles. The normalized spacial score (nSPS) is 11.4. The van der Waals surface area contributed by atoms with Gasteiger partial charge in [0.05, 0.1) is 53.2 Å². The smallest absolute Gasteiger partial charge is 0.416 e. The number of fused-ring (bicyclic) bond motifs is 1. The fourth-order valence-corrected chi connectivity index (χ4v) is 4.85. The quantitative estimate of drug-likeness (QED) is 0.126. The first kappa shape index (κ1) is 31.2. The molecule has 0 saturated heterocycles. The number of benzene rings is 3. The molecule has 3 aromatic carbocycles. The Bertz CT molecular complexity index is 1910. The lowest BCUT2D eigenvalue weighted by Crippen LogP contribution is -2.13. The molecule has 12 heteroatoms. The second-order valence-corrected chi connectivity index (χ2v) is 9.98. The number of hydrogen-bond acceptors (Lipinski definition) is 7. The van der Waals surface area contributed by atoms with Crippen molar-refractivity contribution in [3.63, 3.8) is 0 Å². The van der Waals surface area contributed by atoms with Crippen LogP contribution in [0, 0.1) is 17.1 Å². The third kappa shape index (κ3) is 6.94. The molecule has 230 valence electrons. The van der Waals surface area contributed by atoms with Crippen molar-refractivity contribution in [2.45, 2.75) is 25.7 Å². The SMILES string of the molecule is COCCn1c(Cc2ccc(-c3cccc(OCc4ccc(C#N)cc4F)n3)cc2C(F)(F)F)nc2ccc(C(=O)OC)cc21. The number of methoxy groups -OCH3 is 2. The van der Waals surface area contributed by atoms with Gasteiger partial charge < -0.3 is 18.8 Å². The maximum atomic E-state index is 14.4. The molecule has 0 amide bonds. The summed E-state index contributed by atoms with van der Waals surface area (Å²) in [6.45, 7) is 0.384. The van der Waals surface area contributed by atoms with E-state index < -0.39 is 23.5 Å². The molecule has 0 radical (unpaired) electrons. The third-order valence-corrected chi connectivity index (χ3v) is 7.11. The lowest BCUT2D eigenvalue weighted by atomic mass is 9.99. The average molecular weight is 619 g/mol. The van der Waals surface area contributed by atoms with Crippen LogP contribution in [0.25, 0.3) is 22.3 Å². The molecule has 0 atom stereocenters. The van der Waals surface area contributed by atoms with Gasteiger partial charge in [0.2, 0.25) is 5.88 Å². The monoisotopic (exact) mass is 618 g/mol. The minimum absolute atomic E-state index is 0.00268. The van der Waals surface area contributed by atoms with Gasteiger partial charge in [0.15, 0.2) is 0 Å². The van der Waals surface area contributed by atoms with Crippen LogP contribution in [0.4, 0.5) is 17.6 Å². The Balaban J connectivity index is 1.45. The van der Waals surface area contributed by atoms with Crippen LogP contribution in [0.3, 0.4) is 0 Å². The molecule has 45 heavy (non-hydrogen) atoms. The number of carbonyl (C=O) groups is 1. The second-order valence-electron chi connectivity index (χ2n) is 9.98. The topological polar surface area (TPSA) is 99.3 Å². The predicted molar refractivity (Wildman–Crippen MR) is 156 cm³/mol. The van der Waals surface area contributed by atoms with E-state index >= 15 is 0 Å². The van der Waals surface area contributed by atoms with Gasteiger partial charge in [-0.3, -0.25) is 0 Å². The maximum absolute atomic E-state index is 14.4. The minimum Gasteiger partial charge on any atom is -0.473 e. The highest BCUT2D eigenvalue weighted by Gasteiger charge is 2.34. The van der Waals surface area contributed by atoms with Gasteiger partial charge in [0.25, 0.3) is 0 Å². The summed E-state index contributed by atoms with van der Waals surface area (Å²) in [5, 5.41) is 8.92. The molecule has 0 saturated carbocycles. The van der Waals surface area contributed by atoms with E-state index in [9.17, 15) is 22.4 Å². The number of halogens is 4. The third-order valence-electron chi connectivity index (χ3n) is 7.11. The van der Waals surface area contributed by atoms with Gasteiger partial charge in [-0.15, -0.1) is 0 Å². The summed E-state index contributed by atoms with van der Waals surface area (Å²) in [4.78, 5) is 21.0. The van der Waals surface area contributed by atoms with Crippen LogP contribution >= 0.6 is 0 Å². The molecule has 5 aromatic rings. The summed E-state index contributed by atoms with van der Waals surface area (Å²) in [6, 6.07) is 19.2. The Kier molecular flexibility index (Phi) is 9.11. The second kappa shape index (κ2) is 13.2. The molecule has 0 aliphatic rings. The van der Waals surface area contributed by atoms with Crippen LogP contribution in [0.2, 0.25) is 0 Å². The van der Waals surface area contributed by atoms with E-state index in [1.807, 2.05) is 6.07 Å². The summed E-state index contributed by atoms with van der Waals surface area (Å²) in [5.41, 5.74) is 1.31. The van der Waals surface area contributed by atoms with E-state index in [2.05, 4.69) is 9.97 Å². The van der Waals surface area contributed by atoms with Gasteiger partial charge in [-0.05, 0) is 48.0 Å². The molecule has 0 bridgehead atoms. The number of hydrogen-bond donors (Lipinski definition) is 0. The van der Waals surface area contributed by atoms with E-state index in [-0.39, 0.29) is 59.0 Å². The minimum atomic E-state index is -4.69. The summed E-state index contributed by atoms with van der Waals surface area (Å²) in [6.07, 6.45) is -4.83. The number of rotatable bonds is 10. The highest BCUT2D eigenvalue weighted by atomic mass is 19.4. The first-order valence-electron chi connectivity index (χ1n) is 13.7. The van der Waals surface area contributed by atoms with Gasteiger partial charge >= 0.3 is 12.1 Å². The Labute approximate surface area is 255 Å². The van der Waals surface area contributed by atoms with Gasteiger partial charge in [-0.1, -0.05) is 24.3 Å². The molecule has 0 unspecified atom stereocenters. The van der Waals surface area contributed by atoms with E-state index in [1.165, 1.54) is 44.6 Å². The number of nitrogens with zero attached hydrogens (tertiary/aromatic N) is 4.